The molecule has 3 aliphatic rings. The van der Waals surface area contributed by atoms with Crippen LogP contribution in [0.1, 0.15) is 0 Å². The summed E-state index contributed by atoms with van der Waals surface area (Å²) >= 11 is 0. The first-order chi connectivity index (χ1) is 7.81. The standard InChI is InChI=1S/C10H11BFNO3.ClH/c12-10-7-1-2-14-4-6-5-15-11(9(6)7)16-8(10)3-13;/h1-2,8H,3-5,13H2;1H. The molecule has 1 atom stereocenters. The molecule has 0 aromatic carbocycles. The first-order valence-corrected chi connectivity index (χ1v) is 5.18. The van der Waals surface area contributed by atoms with Crippen molar-refractivity contribution >= 4 is 19.5 Å². The summed E-state index contributed by atoms with van der Waals surface area (Å²) in [7, 11) is -0.496. The molecular formula is C10H12BClFNO3. The highest BCUT2D eigenvalue weighted by Crippen LogP contribution is 2.37. The van der Waals surface area contributed by atoms with Crippen LogP contribution in [0.25, 0.3) is 0 Å². The molecule has 0 aromatic rings. The molecule has 0 bridgehead atoms. The van der Waals surface area contributed by atoms with Crippen molar-refractivity contribution in [3.8, 4) is 0 Å². The molecule has 17 heavy (non-hydrogen) atoms. The maximum absolute atomic E-state index is 14.0. The summed E-state index contributed by atoms with van der Waals surface area (Å²) in [6.45, 7) is 0.956. The van der Waals surface area contributed by atoms with Crippen LogP contribution in [-0.2, 0) is 14.0 Å². The number of allylic oxidation sites excluding steroid dienone is 3. The third kappa shape index (κ3) is 1.91. The van der Waals surface area contributed by atoms with E-state index < -0.39 is 13.2 Å². The van der Waals surface area contributed by atoms with Gasteiger partial charge < -0.3 is 19.8 Å². The summed E-state index contributed by atoms with van der Waals surface area (Å²) in [5.74, 6) is -0.335. The predicted octanol–water partition coefficient (Wildman–Crippen LogP) is 0.887. The van der Waals surface area contributed by atoms with Crippen molar-refractivity contribution in [3.05, 3.63) is 34.8 Å². The van der Waals surface area contributed by atoms with E-state index >= 15 is 0 Å². The van der Waals surface area contributed by atoms with E-state index in [-0.39, 0.29) is 24.8 Å². The zero-order valence-corrected chi connectivity index (χ0v) is 9.84. The second-order valence-electron chi connectivity index (χ2n) is 3.90. The normalized spacial score (nSPS) is 26.5. The highest BCUT2D eigenvalue weighted by atomic mass is 35.5. The van der Waals surface area contributed by atoms with Gasteiger partial charge in [0.15, 0.2) is 0 Å². The van der Waals surface area contributed by atoms with E-state index in [4.69, 9.17) is 19.8 Å². The SMILES string of the molecule is Cl.NCC1OB2OCC3=C2C(=C1F)C=COC3. The number of halogens is 2. The van der Waals surface area contributed by atoms with Gasteiger partial charge in [0.2, 0.25) is 0 Å². The Morgan fingerprint density at radius 3 is 3.06 bits per heavy atom. The van der Waals surface area contributed by atoms with Crippen molar-refractivity contribution in [1.29, 1.82) is 0 Å². The van der Waals surface area contributed by atoms with Crippen LogP contribution in [0.3, 0.4) is 0 Å². The molecule has 0 amide bonds. The Morgan fingerprint density at radius 2 is 2.29 bits per heavy atom. The minimum absolute atomic E-state index is 0. The topological polar surface area (TPSA) is 53.7 Å². The zero-order valence-electron chi connectivity index (χ0n) is 9.02. The van der Waals surface area contributed by atoms with Crippen molar-refractivity contribution in [2.24, 2.45) is 5.73 Å². The van der Waals surface area contributed by atoms with Crippen LogP contribution in [0, 0.1) is 0 Å². The van der Waals surface area contributed by atoms with Crippen molar-refractivity contribution in [3.63, 3.8) is 0 Å². The molecule has 7 heteroatoms. The molecule has 0 fully saturated rings. The lowest BCUT2D eigenvalue weighted by molar-refractivity contribution is 0.156. The molecule has 0 radical (unpaired) electrons. The van der Waals surface area contributed by atoms with Crippen LogP contribution in [0.2, 0.25) is 0 Å². The van der Waals surface area contributed by atoms with Gasteiger partial charge in [-0.1, -0.05) is 0 Å². The van der Waals surface area contributed by atoms with Crippen LogP contribution in [-0.4, -0.2) is 33.0 Å². The first-order valence-electron chi connectivity index (χ1n) is 5.18. The van der Waals surface area contributed by atoms with Crippen molar-refractivity contribution in [1.82, 2.24) is 0 Å². The molecule has 4 nitrogen and oxygen atoms in total. The highest BCUT2D eigenvalue weighted by molar-refractivity contribution is 6.57. The van der Waals surface area contributed by atoms with E-state index in [9.17, 15) is 4.39 Å². The number of hydrogen-bond donors (Lipinski definition) is 1. The van der Waals surface area contributed by atoms with Gasteiger partial charge >= 0.3 is 7.12 Å². The quantitative estimate of drug-likeness (QED) is 0.711. The summed E-state index contributed by atoms with van der Waals surface area (Å²) in [5.41, 5.74) is 7.68. The Labute approximate surface area is 105 Å². The van der Waals surface area contributed by atoms with Gasteiger partial charge in [0, 0.05) is 12.1 Å². The van der Waals surface area contributed by atoms with E-state index in [1.165, 1.54) is 6.26 Å². The molecule has 92 valence electrons. The number of ether oxygens (including phenoxy) is 1. The fraction of sp³-hybridized carbons (Fsp3) is 0.400. The molecule has 3 heterocycles. The van der Waals surface area contributed by atoms with E-state index in [0.29, 0.717) is 18.8 Å². The Morgan fingerprint density at radius 1 is 1.47 bits per heavy atom. The minimum Gasteiger partial charge on any atom is -0.497 e. The van der Waals surface area contributed by atoms with Gasteiger partial charge in [0.05, 0.1) is 12.9 Å². The average molecular weight is 259 g/mol. The van der Waals surface area contributed by atoms with Gasteiger partial charge in [-0.25, -0.2) is 4.39 Å². The average Bonchev–Trinajstić information content (AvgIpc) is 2.57. The zero-order chi connectivity index (χ0) is 11.1. The molecule has 2 N–H and O–H groups in total. The van der Waals surface area contributed by atoms with Crippen LogP contribution in [0.15, 0.2) is 34.8 Å². The Balaban J connectivity index is 0.00000108. The summed E-state index contributed by atoms with van der Waals surface area (Å²) in [6, 6.07) is 0. The Bertz CT molecular complexity index is 424. The monoisotopic (exact) mass is 259 g/mol. The van der Waals surface area contributed by atoms with Gasteiger partial charge in [-0.05, 0) is 17.1 Å². The van der Waals surface area contributed by atoms with E-state index in [0.717, 1.165) is 11.0 Å². The minimum atomic E-state index is -0.717. The lowest BCUT2D eigenvalue weighted by Crippen LogP contribution is -2.38. The number of nitrogens with two attached hydrogens (primary N) is 1. The van der Waals surface area contributed by atoms with Crippen molar-refractivity contribution in [2.45, 2.75) is 6.10 Å². The largest absolute Gasteiger partial charge is 0.497 e. The van der Waals surface area contributed by atoms with E-state index in [1.807, 2.05) is 0 Å². The fourth-order valence-corrected chi connectivity index (χ4v) is 2.15. The van der Waals surface area contributed by atoms with Crippen molar-refractivity contribution in [2.75, 3.05) is 19.8 Å². The molecule has 0 spiro atoms. The molecule has 3 rings (SSSR count). The maximum Gasteiger partial charge on any atom is 0.495 e. The summed E-state index contributed by atoms with van der Waals surface area (Å²) < 4.78 is 30.1. The second-order valence-corrected chi connectivity index (χ2v) is 3.90. The van der Waals surface area contributed by atoms with Crippen LogP contribution < -0.4 is 5.73 Å². The van der Waals surface area contributed by atoms with Crippen LogP contribution >= 0.6 is 12.4 Å². The Hall–Kier alpha value is -0.815. The van der Waals surface area contributed by atoms with Crippen molar-refractivity contribution < 1.29 is 18.4 Å². The number of hydrogen-bond acceptors (Lipinski definition) is 4. The Kier molecular flexibility index (Phi) is 3.58. The molecule has 0 saturated heterocycles. The fourth-order valence-electron chi connectivity index (χ4n) is 2.15. The first kappa shape index (κ1) is 12.6. The molecular weight excluding hydrogens is 247 g/mol. The van der Waals surface area contributed by atoms with E-state index in [2.05, 4.69) is 0 Å². The molecule has 0 aliphatic carbocycles. The predicted molar refractivity (Wildman–Crippen MR) is 63.1 cm³/mol. The lowest BCUT2D eigenvalue weighted by Gasteiger charge is -2.25. The molecule has 0 aromatic heterocycles. The molecule has 3 aliphatic heterocycles. The second kappa shape index (κ2) is 4.82. The van der Waals surface area contributed by atoms with Crippen LogP contribution in [0.5, 0.6) is 0 Å². The highest BCUT2D eigenvalue weighted by Gasteiger charge is 2.43. The third-order valence-corrected chi connectivity index (χ3v) is 2.95. The molecule has 0 saturated carbocycles. The van der Waals surface area contributed by atoms with Gasteiger partial charge in [0.25, 0.3) is 0 Å². The third-order valence-electron chi connectivity index (χ3n) is 2.95. The number of rotatable bonds is 1. The smallest absolute Gasteiger partial charge is 0.495 e. The summed E-state index contributed by atoms with van der Waals surface area (Å²) in [5, 5.41) is 0. The van der Waals surface area contributed by atoms with Gasteiger partial charge in [-0.15, -0.1) is 12.4 Å². The summed E-state index contributed by atoms with van der Waals surface area (Å²) in [6.07, 6.45) is 2.40. The van der Waals surface area contributed by atoms with Gasteiger partial charge in [0.1, 0.15) is 18.5 Å². The maximum atomic E-state index is 14.0. The van der Waals surface area contributed by atoms with Crippen LogP contribution in [0.4, 0.5) is 4.39 Å². The lowest BCUT2D eigenvalue weighted by atomic mass is 9.70. The van der Waals surface area contributed by atoms with E-state index in [1.54, 1.807) is 6.08 Å². The molecule has 1 unspecified atom stereocenters. The van der Waals surface area contributed by atoms with Gasteiger partial charge in [-0.3, -0.25) is 0 Å². The summed E-state index contributed by atoms with van der Waals surface area (Å²) in [4.78, 5) is 0. The van der Waals surface area contributed by atoms with Gasteiger partial charge in [-0.2, -0.15) is 0 Å².